The molecule has 0 aliphatic heterocycles. The molecule has 0 N–H and O–H groups in total. The maximum absolute atomic E-state index is 12.1. The molecule has 2 rings (SSSR count). The van der Waals surface area contributed by atoms with Gasteiger partial charge in [0.05, 0.1) is 0 Å². The van der Waals surface area contributed by atoms with Crippen molar-refractivity contribution < 1.29 is 9.53 Å². The molecule has 1 amide bonds. The SMILES string of the molecule is C#CCOc1ccc(N(C)C(=O)Cn2cccn2)cc1. The quantitative estimate of drug-likeness (QED) is 0.774. The van der Waals surface area contributed by atoms with Crippen LogP contribution in [0, 0.1) is 12.3 Å². The van der Waals surface area contributed by atoms with Crippen LogP contribution in [0.3, 0.4) is 0 Å². The van der Waals surface area contributed by atoms with E-state index in [1.807, 2.05) is 12.1 Å². The molecule has 0 aliphatic carbocycles. The summed E-state index contributed by atoms with van der Waals surface area (Å²) in [7, 11) is 1.73. The Kier molecular flexibility index (Phi) is 4.40. The number of aromatic nitrogens is 2. The second-order valence-electron chi connectivity index (χ2n) is 4.14. The van der Waals surface area contributed by atoms with E-state index in [0.717, 1.165) is 5.69 Å². The van der Waals surface area contributed by atoms with Crippen molar-refractivity contribution >= 4 is 11.6 Å². The average Bonchev–Trinajstić information content (AvgIpc) is 2.97. The molecule has 5 nitrogen and oxygen atoms in total. The van der Waals surface area contributed by atoms with Gasteiger partial charge >= 0.3 is 0 Å². The van der Waals surface area contributed by atoms with Gasteiger partial charge in [0.25, 0.3) is 0 Å². The first-order valence-electron chi connectivity index (χ1n) is 6.11. The molecule has 0 saturated heterocycles. The molecule has 1 heterocycles. The summed E-state index contributed by atoms with van der Waals surface area (Å²) in [5.41, 5.74) is 0.787. The molecule has 0 spiro atoms. The van der Waals surface area contributed by atoms with Crippen molar-refractivity contribution in [2.45, 2.75) is 6.54 Å². The summed E-state index contributed by atoms with van der Waals surface area (Å²) in [6.07, 6.45) is 8.52. The first-order valence-corrected chi connectivity index (χ1v) is 6.11. The summed E-state index contributed by atoms with van der Waals surface area (Å²) in [4.78, 5) is 13.7. The smallest absolute Gasteiger partial charge is 0.248 e. The maximum atomic E-state index is 12.1. The van der Waals surface area contributed by atoms with E-state index in [-0.39, 0.29) is 19.1 Å². The average molecular weight is 269 g/mol. The van der Waals surface area contributed by atoms with E-state index in [0.29, 0.717) is 5.75 Å². The summed E-state index contributed by atoms with van der Waals surface area (Å²) in [6.45, 7) is 0.437. The van der Waals surface area contributed by atoms with Gasteiger partial charge in [-0.2, -0.15) is 5.10 Å². The lowest BCUT2D eigenvalue weighted by Crippen LogP contribution is -2.30. The van der Waals surface area contributed by atoms with Crippen LogP contribution in [0.1, 0.15) is 0 Å². The zero-order chi connectivity index (χ0) is 14.4. The van der Waals surface area contributed by atoms with Crippen molar-refractivity contribution in [1.29, 1.82) is 0 Å². The lowest BCUT2D eigenvalue weighted by molar-refractivity contribution is -0.119. The van der Waals surface area contributed by atoms with E-state index in [1.54, 1.807) is 47.2 Å². The van der Waals surface area contributed by atoms with Gasteiger partial charge < -0.3 is 9.64 Å². The Morgan fingerprint density at radius 2 is 2.20 bits per heavy atom. The second kappa shape index (κ2) is 6.43. The molecule has 1 aromatic heterocycles. The maximum Gasteiger partial charge on any atom is 0.248 e. The monoisotopic (exact) mass is 269 g/mol. The second-order valence-corrected chi connectivity index (χ2v) is 4.14. The van der Waals surface area contributed by atoms with Crippen LogP contribution in [0.2, 0.25) is 0 Å². The number of carbonyl (C=O) groups excluding carboxylic acids is 1. The number of hydrogen-bond acceptors (Lipinski definition) is 3. The first kappa shape index (κ1) is 13.7. The Balaban J connectivity index is 1.99. The molecule has 1 aromatic carbocycles. The Morgan fingerprint density at radius 1 is 1.45 bits per heavy atom. The van der Waals surface area contributed by atoms with E-state index in [9.17, 15) is 4.79 Å². The van der Waals surface area contributed by atoms with Gasteiger partial charge in [-0.3, -0.25) is 9.48 Å². The van der Waals surface area contributed by atoms with Crippen LogP contribution in [0.15, 0.2) is 42.7 Å². The fourth-order valence-corrected chi connectivity index (χ4v) is 1.67. The van der Waals surface area contributed by atoms with E-state index >= 15 is 0 Å². The number of hydrogen-bond donors (Lipinski definition) is 0. The highest BCUT2D eigenvalue weighted by Crippen LogP contribution is 2.18. The molecule has 0 fully saturated rings. The van der Waals surface area contributed by atoms with Crippen LogP contribution in [-0.4, -0.2) is 29.3 Å². The predicted molar refractivity (Wildman–Crippen MR) is 76.4 cm³/mol. The van der Waals surface area contributed by atoms with Crippen molar-refractivity contribution in [3.05, 3.63) is 42.7 Å². The van der Waals surface area contributed by atoms with Crippen LogP contribution in [0.4, 0.5) is 5.69 Å². The molecule has 5 heteroatoms. The van der Waals surface area contributed by atoms with E-state index in [4.69, 9.17) is 11.2 Å². The minimum Gasteiger partial charge on any atom is -0.481 e. The predicted octanol–water partition coefficient (Wildman–Crippen LogP) is 1.56. The van der Waals surface area contributed by atoms with Crippen molar-refractivity contribution in [1.82, 2.24) is 9.78 Å². The van der Waals surface area contributed by atoms with Gasteiger partial charge in [-0.05, 0) is 30.3 Å². The van der Waals surface area contributed by atoms with E-state index in [2.05, 4.69) is 11.0 Å². The zero-order valence-electron chi connectivity index (χ0n) is 11.2. The number of anilines is 1. The number of benzene rings is 1. The molecule has 0 radical (unpaired) electrons. The number of terminal acetylenes is 1. The number of ether oxygens (including phenoxy) is 1. The van der Waals surface area contributed by atoms with Crippen LogP contribution >= 0.6 is 0 Å². The minimum absolute atomic E-state index is 0.0500. The Morgan fingerprint density at radius 3 is 2.80 bits per heavy atom. The molecule has 0 atom stereocenters. The Bertz CT molecular complexity index is 597. The van der Waals surface area contributed by atoms with Gasteiger partial charge in [0.2, 0.25) is 5.91 Å². The summed E-state index contributed by atoms with van der Waals surface area (Å²) in [5.74, 6) is 3.03. The molecule has 2 aromatic rings. The summed E-state index contributed by atoms with van der Waals surface area (Å²) >= 11 is 0. The molecular formula is C15H15N3O2. The molecule has 0 bridgehead atoms. The lowest BCUT2D eigenvalue weighted by atomic mass is 10.3. The molecule has 20 heavy (non-hydrogen) atoms. The number of nitrogens with zero attached hydrogens (tertiary/aromatic N) is 3. The number of amides is 1. The van der Waals surface area contributed by atoms with Gasteiger partial charge in [0.1, 0.15) is 18.9 Å². The molecular weight excluding hydrogens is 254 g/mol. The fourth-order valence-electron chi connectivity index (χ4n) is 1.67. The number of rotatable bonds is 5. The van der Waals surface area contributed by atoms with Gasteiger partial charge in [0, 0.05) is 25.1 Å². The zero-order valence-corrected chi connectivity index (χ0v) is 11.2. The molecule has 0 saturated carbocycles. The van der Waals surface area contributed by atoms with Crippen LogP contribution < -0.4 is 9.64 Å². The Labute approximate surface area is 117 Å². The largest absolute Gasteiger partial charge is 0.481 e. The summed E-state index contributed by atoms with van der Waals surface area (Å²) in [5, 5.41) is 4.01. The van der Waals surface area contributed by atoms with Gasteiger partial charge in [-0.25, -0.2) is 0 Å². The molecule has 102 valence electrons. The van der Waals surface area contributed by atoms with E-state index in [1.165, 1.54) is 0 Å². The van der Waals surface area contributed by atoms with Gasteiger partial charge in [0.15, 0.2) is 0 Å². The fraction of sp³-hybridized carbons (Fsp3) is 0.200. The van der Waals surface area contributed by atoms with Crippen molar-refractivity contribution in [3.63, 3.8) is 0 Å². The standard InChI is InChI=1S/C15H15N3O2/c1-3-11-20-14-7-5-13(6-8-14)17(2)15(19)12-18-10-4-9-16-18/h1,4-10H,11-12H2,2H3. The third kappa shape index (κ3) is 3.39. The Hall–Kier alpha value is -2.74. The van der Waals surface area contributed by atoms with Crippen molar-refractivity contribution in [2.75, 3.05) is 18.6 Å². The summed E-state index contributed by atoms with van der Waals surface area (Å²) in [6, 6.07) is 8.97. The molecule has 0 aliphatic rings. The number of likely N-dealkylation sites (N-methyl/N-ethyl adjacent to an activating group) is 1. The molecule has 0 unspecified atom stereocenters. The third-order valence-corrected chi connectivity index (χ3v) is 2.78. The highest BCUT2D eigenvalue weighted by Gasteiger charge is 2.11. The van der Waals surface area contributed by atoms with Crippen LogP contribution in [-0.2, 0) is 11.3 Å². The van der Waals surface area contributed by atoms with Crippen LogP contribution in [0.25, 0.3) is 0 Å². The lowest BCUT2D eigenvalue weighted by Gasteiger charge is -2.17. The highest BCUT2D eigenvalue weighted by atomic mass is 16.5. The highest BCUT2D eigenvalue weighted by molar-refractivity contribution is 5.92. The topological polar surface area (TPSA) is 47.4 Å². The normalized spacial score (nSPS) is 9.80. The van der Waals surface area contributed by atoms with Crippen molar-refractivity contribution in [3.8, 4) is 18.1 Å². The van der Waals surface area contributed by atoms with E-state index < -0.39 is 0 Å². The minimum atomic E-state index is -0.0500. The third-order valence-electron chi connectivity index (χ3n) is 2.78. The van der Waals surface area contributed by atoms with Crippen molar-refractivity contribution in [2.24, 2.45) is 0 Å². The number of carbonyl (C=O) groups is 1. The van der Waals surface area contributed by atoms with Gasteiger partial charge in [-0.15, -0.1) is 6.42 Å². The van der Waals surface area contributed by atoms with Crippen LogP contribution in [0.5, 0.6) is 5.75 Å². The summed E-state index contributed by atoms with van der Waals surface area (Å²) < 4.78 is 6.87. The first-order chi connectivity index (χ1) is 9.70. The van der Waals surface area contributed by atoms with Gasteiger partial charge in [-0.1, -0.05) is 5.92 Å².